The molecule has 1 aromatic heterocycles. The third-order valence-corrected chi connectivity index (χ3v) is 4.59. The summed E-state index contributed by atoms with van der Waals surface area (Å²) in [6.07, 6.45) is 0.104. The summed E-state index contributed by atoms with van der Waals surface area (Å²) in [7, 11) is 0. The van der Waals surface area contributed by atoms with E-state index >= 15 is 0 Å². The summed E-state index contributed by atoms with van der Waals surface area (Å²) in [5.74, 6) is -0.255. The second-order valence-electron chi connectivity index (χ2n) is 5.64. The van der Waals surface area contributed by atoms with Gasteiger partial charge in [0.25, 0.3) is 5.91 Å². The maximum atomic E-state index is 12.9. The molecule has 0 atom stereocenters. The number of rotatable bonds is 7. The first-order chi connectivity index (χ1) is 13.0. The number of carbonyl (C=O) groups excluding carboxylic acids is 2. The average Bonchev–Trinajstić information content (AvgIpc) is 3.03. The molecule has 6 nitrogen and oxygen atoms in total. The smallest absolute Gasteiger partial charge is 0.251 e. The van der Waals surface area contributed by atoms with Crippen LogP contribution in [0, 0.1) is 5.82 Å². The van der Waals surface area contributed by atoms with E-state index in [0.29, 0.717) is 17.3 Å². The number of ether oxygens (including phenoxy) is 1. The fourth-order valence-corrected chi connectivity index (χ4v) is 3.30. The Kier molecular flexibility index (Phi) is 5.97. The lowest BCUT2D eigenvalue weighted by Gasteiger charge is -2.05. The fourth-order valence-electron chi connectivity index (χ4n) is 2.39. The van der Waals surface area contributed by atoms with E-state index in [2.05, 4.69) is 15.6 Å². The van der Waals surface area contributed by atoms with Gasteiger partial charge >= 0.3 is 0 Å². The van der Waals surface area contributed by atoms with Crippen molar-refractivity contribution in [3.8, 4) is 5.75 Å². The minimum Gasteiger partial charge on any atom is -0.494 e. The maximum absolute atomic E-state index is 12.9. The van der Waals surface area contributed by atoms with Crippen molar-refractivity contribution < 1.29 is 18.7 Å². The lowest BCUT2D eigenvalue weighted by molar-refractivity contribution is -0.116. The van der Waals surface area contributed by atoms with Gasteiger partial charge in [-0.05, 0) is 49.4 Å². The van der Waals surface area contributed by atoms with Crippen molar-refractivity contribution >= 4 is 38.5 Å². The van der Waals surface area contributed by atoms with Crippen LogP contribution in [0.4, 0.5) is 9.52 Å². The zero-order valence-electron chi connectivity index (χ0n) is 14.6. The molecule has 3 aromatic rings. The molecular weight excluding hydrogens is 369 g/mol. The molecule has 27 heavy (non-hydrogen) atoms. The van der Waals surface area contributed by atoms with E-state index < -0.39 is 5.82 Å². The zero-order valence-corrected chi connectivity index (χ0v) is 15.4. The highest BCUT2D eigenvalue weighted by molar-refractivity contribution is 7.22. The van der Waals surface area contributed by atoms with E-state index in [0.717, 1.165) is 16.0 Å². The Hall–Kier alpha value is -3.00. The molecule has 0 radical (unpaired) electrons. The van der Waals surface area contributed by atoms with Crippen molar-refractivity contribution in [3.63, 3.8) is 0 Å². The van der Waals surface area contributed by atoms with Crippen LogP contribution in [-0.4, -0.2) is 29.9 Å². The van der Waals surface area contributed by atoms with Crippen LogP contribution >= 0.6 is 11.3 Å². The topological polar surface area (TPSA) is 80.3 Å². The fraction of sp³-hybridized carbons (Fsp3) is 0.211. The molecule has 0 aliphatic carbocycles. The van der Waals surface area contributed by atoms with Gasteiger partial charge in [-0.25, -0.2) is 9.37 Å². The van der Waals surface area contributed by atoms with Crippen molar-refractivity contribution in [2.24, 2.45) is 0 Å². The molecule has 3 rings (SSSR count). The van der Waals surface area contributed by atoms with E-state index in [9.17, 15) is 14.0 Å². The first kappa shape index (κ1) is 18.8. The van der Waals surface area contributed by atoms with E-state index in [1.54, 1.807) is 0 Å². The molecule has 2 aromatic carbocycles. The number of nitrogens with one attached hydrogen (secondary N) is 2. The Morgan fingerprint density at radius 2 is 1.96 bits per heavy atom. The number of aromatic nitrogens is 1. The summed E-state index contributed by atoms with van der Waals surface area (Å²) in [4.78, 5) is 28.3. The number of hydrogen-bond donors (Lipinski definition) is 2. The summed E-state index contributed by atoms with van der Waals surface area (Å²) in [6, 6.07) is 10.8. The van der Waals surface area contributed by atoms with Crippen molar-refractivity contribution in [1.29, 1.82) is 0 Å². The molecular formula is C19H18FN3O3S. The van der Waals surface area contributed by atoms with Crippen molar-refractivity contribution in [1.82, 2.24) is 10.3 Å². The van der Waals surface area contributed by atoms with Gasteiger partial charge in [0.15, 0.2) is 5.13 Å². The van der Waals surface area contributed by atoms with Gasteiger partial charge in [-0.3, -0.25) is 9.59 Å². The maximum Gasteiger partial charge on any atom is 0.251 e. The number of halogens is 1. The van der Waals surface area contributed by atoms with Crippen molar-refractivity contribution in [2.45, 2.75) is 13.3 Å². The van der Waals surface area contributed by atoms with Gasteiger partial charge < -0.3 is 15.4 Å². The predicted octanol–water partition coefficient (Wildman–Crippen LogP) is 3.59. The Morgan fingerprint density at radius 3 is 2.70 bits per heavy atom. The summed E-state index contributed by atoms with van der Waals surface area (Å²) in [6.45, 7) is 2.66. The normalized spacial score (nSPS) is 10.6. The lowest BCUT2D eigenvalue weighted by Crippen LogP contribution is -2.27. The highest BCUT2D eigenvalue weighted by Gasteiger charge is 2.10. The van der Waals surface area contributed by atoms with Crippen LogP contribution in [0.5, 0.6) is 5.75 Å². The number of hydrogen-bond acceptors (Lipinski definition) is 5. The minimum atomic E-state index is -0.407. The lowest BCUT2D eigenvalue weighted by atomic mass is 10.2. The third-order valence-electron chi connectivity index (χ3n) is 3.66. The van der Waals surface area contributed by atoms with Crippen LogP contribution in [0.1, 0.15) is 23.7 Å². The molecule has 1 heterocycles. The molecule has 0 aliphatic heterocycles. The van der Waals surface area contributed by atoms with Gasteiger partial charge in [-0.1, -0.05) is 11.3 Å². The number of amides is 2. The molecule has 0 bridgehead atoms. The number of nitrogens with zero attached hydrogens (tertiary/aromatic N) is 1. The highest BCUT2D eigenvalue weighted by atomic mass is 32.1. The van der Waals surface area contributed by atoms with Crippen LogP contribution in [0.3, 0.4) is 0 Å². The molecule has 0 aliphatic rings. The van der Waals surface area contributed by atoms with E-state index in [4.69, 9.17) is 4.74 Å². The van der Waals surface area contributed by atoms with Gasteiger partial charge in [0.05, 0.1) is 16.8 Å². The Balaban J connectivity index is 1.51. The van der Waals surface area contributed by atoms with E-state index in [1.165, 1.54) is 35.6 Å². The molecule has 0 spiro atoms. The second kappa shape index (κ2) is 8.59. The summed E-state index contributed by atoms with van der Waals surface area (Å²) >= 11 is 1.36. The summed E-state index contributed by atoms with van der Waals surface area (Å²) in [5, 5.41) is 5.85. The monoisotopic (exact) mass is 387 g/mol. The SMILES string of the molecule is CCOc1ccc2nc(NC(=O)CCNC(=O)c3ccc(F)cc3)sc2c1. The average molecular weight is 387 g/mol. The molecule has 0 saturated carbocycles. The van der Waals surface area contributed by atoms with Crippen LogP contribution < -0.4 is 15.4 Å². The summed E-state index contributed by atoms with van der Waals surface area (Å²) in [5.41, 5.74) is 1.12. The highest BCUT2D eigenvalue weighted by Crippen LogP contribution is 2.29. The standard InChI is InChI=1S/C19H18FN3O3S/c1-2-26-14-7-8-15-16(11-14)27-19(22-15)23-17(24)9-10-21-18(25)12-3-5-13(20)6-4-12/h3-8,11H,2,9-10H2,1H3,(H,21,25)(H,22,23,24). The number of thiazole rings is 1. The number of anilines is 1. The summed E-state index contributed by atoms with van der Waals surface area (Å²) < 4.78 is 19.2. The van der Waals surface area contributed by atoms with Gasteiger partial charge in [0, 0.05) is 18.5 Å². The van der Waals surface area contributed by atoms with Crippen molar-refractivity contribution in [2.75, 3.05) is 18.5 Å². The molecule has 0 saturated heterocycles. The van der Waals surface area contributed by atoms with Gasteiger partial charge in [-0.15, -0.1) is 0 Å². The molecule has 0 unspecified atom stereocenters. The van der Waals surface area contributed by atoms with Gasteiger partial charge in [0.1, 0.15) is 11.6 Å². The molecule has 140 valence electrons. The largest absolute Gasteiger partial charge is 0.494 e. The van der Waals surface area contributed by atoms with E-state index in [-0.39, 0.29) is 24.8 Å². The zero-order chi connectivity index (χ0) is 19.2. The predicted molar refractivity (Wildman–Crippen MR) is 103 cm³/mol. The van der Waals surface area contributed by atoms with Crippen LogP contribution in [0.2, 0.25) is 0 Å². The molecule has 2 N–H and O–H groups in total. The van der Waals surface area contributed by atoms with E-state index in [1.807, 2.05) is 25.1 Å². The quantitative estimate of drug-likeness (QED) is 0.649. The van der Waals surface area contributed by atoms with Crippen LogP contribution in [-0.2, 0) is 4.79 Å². The first-order valence-corrected chi connectivity index (χ1v) is 9.24. The first-order valence-electron chi connectivity index (χ1n) is 8.42. The Morgan fingerprint density at radius 1 is 1.19 bits per heavy atom. The van der Waals surface area contributed by atoms with Crippen LogP contribution in [0.25, 0.3) is 10.2 Å². The second-order valence-corrected chi connectivity index (χ2v) is 6.67. The molecule has 8 heteroatoms. The number of carbonyl (C=O) groups is 2. The van der Waals surface area contributed by atoms with Crippen molar-refractivity contribution in [3.05, 3.63) is 53.8 Å². The molecule has 2 amide bonds. The van der Waals surface area contributed by atoms with Crippen LogP contribution in [0.15, 0.2) is 42.5 Å². The number of fused-ring (bicyclic) bond motifs is 1. The molecule has 0 fully saturated rings. The van der Waals surface area contributed by atoms with Gasteiger partial charge in [0.2, 0.25) is 5.91 Å². The third kappa shape index (κ3) is 5.01. The Bertz CT molecular complexity index is 956. The number of benzene rings is 2. The minimum absolute atomic E-state index is 0.104. The Labute approximate surface area is 159 Å². The van der Waals surface area contributed by atoms with Gasteiger partial charge in [-0.2, -0.15) is 0 Å².